The van der Waals surface area contributed by atoms with Crippen molar-refractivity contribution in [2.24, 2.45) is 0 Å². The number of para-hydroxylation sites is 1. The van der Waals surface area contributed by atoms with Gasteiger partial charge >= 0.3 is 6.03 Å². The fourth-order valence-electron chi connectivity index (χ4n) is 4.46. The number of amides is 3. The molecule has 3 amide bonds. The molecule has 2 N–H and O–H groups in total. The monoisotopic (exact) mass is 361 g/mol. The second-order valence-electron chi connectivity index (χ2n) is 7.05. The quantitative estimate of drug-likeness (QED) is 0.689. The van der Waals surface area contributed by atoms with Crippen LogP contribution in [0.1, 0.15) is 29.8 Å². The first kappa shape index (κ1) is 15.9. The molecule has 0 saturated carbocycles. The van der Waals surface area contributed by atoms with Crippen molar-refractivity contribution in [1.82, 2.24) is 14.8 Å². The third-order valence-electron chi connectivity index (χ3n) is 5.64. The van der Waals surface area contributed by atoms with E-state index >= 15 is 0 Å². The molecule has 0 bridgehead atoms. The summed E-state index contributed by atoms with van der Waals surface area (Å²) in [6.07, 6.45) is 0.496. The molecule has 2 unspecified atom stereocenters. The molecule has 136 valence electrons. The first-order valence-corrected chi connectivity index (χ1v) is 9.12. The summed E-state index contributed by atoms with van der Waals surface area (Å²) in [6.45, 7) is 2.17. The van der Waals surface area contributed by atoms with Gasteiger partial charge in [0.1, 0.15) is 17.8 Å². The lowest BCUT2D eigenvalue weighted by Crippen LogP contribution is -2.44. The third kappa shape index (κ3) is 2.13. The lowest BCUT2D eigenvalue weighted by Gasteiger charge is -2.36. The van der Waals surface area contributed by atoms with Crippen LogP contribution in [0.2, 0.25) is 0 Å². The van der Waals surface area contributed by atoms with E-state index < -0.39 is 12.1 Å². The van der Waals surface area contributed by atoms with Crippen LogP contribution >= 0.6 is 0 Å². The van der Waals surface area contributed by atoms with Gasteiger partial charge in [0, 0.05) is 29.6 Å². The third-order valence-corrected chi connectivity index (χ3v) is 5.64. The maximum atomic E-state index is 13.0. The topological polar surface area (TPSA) is 76.6 Å². The van der Waals surface area contributed by atoms with Gasteiger partial charge in [-0.25, -0.2) is 4.79 Å². The molecule has 6 heteroatoms. The van der Waals surface area contributed by atoms with E-state index in [9.17, 15) is 14.7 Å². The predicted octanol–water partition coefficient (Wildman–Crippen LogP) is 3.17. The molecule has 0 spiro atoms. The molecule has 0 radical (unpaired) electrons. The Morgan fingerprint density at radius 3 is 2.74 bits per heavy atom. The summed E-state index contributed by atoms with van der Waals surface area (Å²) in [5.41, 5.74) is 3.75. The number of urea groups is 1. The van der Waals surface area contributed by atoms with E-state index in [2.05, 4.69) is 4.98 Å². The van der Waals surface area contributed by atoms with Gasteiger partial charge in [-0.1, -0.05) is 30.3 Å². The Bertz CT molecular complexity index is 1090. The van der Waals surface area contributed by atoms with E-state index in [0.717, 1.165) is 27.7 Å². The SMILES string of the molecule is CCN1C(=O)C2Cc3c([nH]c4ccccc34)C(c3cccc(O)c3)N2C1=O. The van der Waals surface area contributed by atoms with Crippen molar-refractivity contribution < 1.29 is 14.7 Å². The molecule has 2 aromatic carbocycles. The molecule has 1 fully saturated rings. The minimum atomic E-state index is -0.517. The van der Waals surface area contributed by atoms with Crippen molar-refractivity contribution in [2.75, 3.05) is 6.54 Å². The zero-order chi connectivity index (χ0) is 18.7. The lowest BCUT2D eigenvalue weighted by atomic mass is 9.89. The number of benzene rings is 2. The maximum Gasteiger partial charge on any atom is 0.328 e. The van der Waals surface area contributed by atoms with Crippen LogP contribution in [-0.4, -0.2) is 44.4 Å². The molecule has 5 rings (SSSR count). The van der Waals surface area contributed by atoms with Gasteiger partial charge in [0.25, 0.3) is 5.91 Å². The first-order valence-electron chi connectivity index (χ1n) is 9.12. The van der Waals surface area contributed by atoms with E-state index in [-0.39, 0.29) is 17.7 Å². The van der Waals surface area contributed by atoms with Gasteiger partial charge in [-0.3, -0.25) is 14.6 Å². The van der Waals surface area contributed by atoms with Crippen LogP contribution in [-0.2, 0) is 11.2 Å². The number of aromatic amines is 1. The zero-order valence-electron chi connectivity index (χ0n) is 14.8. The minimum absolute atomic E-state index is 0.137. The molecule has 2 aliphatic heterocycles. The summed E-state index contributed by atoms with van der Waals surface area (Å²) < 4.78 is 0. The van der Waals surface area contributed by atoms with Crippen LogP contribution < -0.4 is 0 Å². The molecule has 2 aliphatic rings. The molecule has 27 heavy (non-hydrogen) atoms. The fourth-order valence-corrected chi connectivity index (χ4v) is 4.46. The highest BCUT2D eigenvalue weighted by Crippen LogP contribution is 2.44. The highest BCUT2D eigenvalue weighted by Gasteiger charge is 2.52. The van der Waals surface area contributed by atoms with Crippen molar-refractivity contribution in [3.05, 3.63) is 65.4 Å². The van der Waals surface area contributed by atoms with Crippen molar-refractivity contribution >= 4 is 22.8 Å². The van der Waals surface area contributed by atoms with Crippen molar-refractivity contribution in [2.45, 2.75) is 25.4 Å². The first-order chi connectivity index (χ1) is 13.1. The van der Waals surface area contributed by atoms with Crippen molar-refractivity contribution in [3.8, 4) is 5.75 Å². The number of hydrogen-bond donors (Lipinski definition) is 2. The number of likely N-dealkylation sites (N-methyl/N-ethyl adjacent to an activating group) is 1. The average Bonchev–Trinajstić information content (AvgIpc) is 3.15. The highest BCUT2D eigenvalue weighted by molar-refractivity contribution is 6.05. The summed E-state index contributed by atoms with van der Waals surface area (Å²) >= 11 is 0. The number of rotatable bonds is 2. The Balaban J connectivity index is 1.77. The number of fused-ring (bicyclic) bond motifs is 4. The van der Waals surface area contributed by atoms with Gasteiger partial charge in [0.15, 0.2) is 0 Å². The minimum Gasteiger partial charge on any atom is -0.508 e. The average molecular weight is 361 g/mol. The zero-order valence-corrected chi connectivity index (χ0v) is 14.8. The van der Waals surface area contributed by atoms with Crippen LogP contribution in [0.4, 0.5) is 4.79 Å². The molecule has 3 aromatic rings. The number of carbonyl (C=O) groups excluding carboxylic acids is 2. The number of phenols is 1. The number of aromatic nitrogens is 1. The Morgan fingerprint density at radius 2 is 1.96 bits per heavy atom. The summed E-state index contributed by atoms with van der Waals surface area (Å²) in [4.78, 5) is 32.4. The van der Waals surface area contributed by atoms with Gasteiger partial charge in [-0.05, 0) is 36.2 Å². The number of H-pyrrole nitrogens is 1. The molecule has 3 heterocycles. The highest BCUT2D eigenvalue weighted by atomic mass is 16.3. The normalized spacial score (nSPS) is 21.7. The number of phenolic OH excluding ortho intramolecular Hbond substituents is 1. The Labute approximate surface area is 156 Å². The van der Waals surface area contributed by atoms with Crippen LogP contribution in [0.3, 0.4) is 0 Å². The standard InChI is InChI=1S/C21H19N3O3/c1-2-23-20(26)17-11-15-14-8-3-4-9-16(14)22-18(15)19(24(17)21(23)27)12-6-5-7-13(25)10-12/h3-10,17,19,22,25H,2,11H2,1H3. The summed E-state index contributed by atoms with van der Waals surface area (Å²) in [7, 11) is 0. The van der Waals surface area contributed by atoms with E-state index in [1.54, 1.807) is 23.1 Å². The number of nitrogens with one attached hydrogen (secondary N) is 1. The predicted molar refractivity (Wildman–Crippen MR) is 100 cm³/mol. The number of imide groups is 1. The molecule has 6 nitrogen and oxygen atoms in total. The number of aromatic hydroxyl groups is 1. The second-order valence-corrected chi connectivity index (χ2v) is 7.05. The molecule has 1 aromatic heterocycles. The maximum absolute atomic E-state index is 13.0. The van der Waals surface area contributed by atoms with Crippen LogP contribution in [0.5, 0.6) is 5.75 Å². The van der Waals surface area contributed by atoms with Crippen molar-refractivity contribution in [3.63, 3.8) is 0 Å². The van der Waals surface area contributed by atoms with Crippen LogP contribution in [0.15, 0.2) is 48.5 Å². The Morgan fingerprint density at radius 1 is 1.15 bits per heavy atom. The van der Waals surface area contributed by atoms with Gasteiger partial charge in [0.05, 0.1) is 0 Å². The van der Waals surface area contributed by atoms with E-state index in [0.29, 0.717) is 13.0 Å². The smallest absolute Gasteiger partial charge is 0.328 e. The van der Waals surface area contributed by atoms with E-state index in [4.69, 9.17) is 0 Å². The van der Waals surface area contributed by atoms with Gasteiger partial charge in [0.2, 0.25) is 0 Å². The van der Waals surface area contributed by atoms with E-state index in [1.165, 1.54) is 4.90 Å². The molecular weight excluding hydrogens is 342 g/mol. The molecule has 0 aliphatic carbocycles. The lowest BCUT2D eigenvalue weighted by molar-refractivity contribution is -0.128. The summed E-state index contributed by atoms with van der Waals surface area (Å²) in [5.74, 6) is -0.0128. The largest absolute Gasteiger partial charge is 0.508 e. The number of hydrogen-bond acceptors (Lipinski definition) is 3. The van der Waals surface area contributed by atoms with Crippen molar-refractivity contribution in [1.29, 1.82) is 0 Å². The summed E-state index contributed by atoms with van der Waals surface area (Å²) in [6, 6.07) is 13.7. The number of nitrogens with zero attached hydrogens (tertiary/aromatic N) is 2. The van der Waals surface area contributed by atoms with Crippen LogP contribution in [0, 0.1) is 0 Å². The molecule has 2 atom stereocenters. The Kier molecular flexibility index (Phi) is 3.31. The summed E-state index contributed by atoms with van der Waals surface area (Å²) in [5, 5.41) is 11.1. The number of carbonyl (C=O) groups is 2. The fraction of sp³-hybridized carbons (Fsp3) is 0.238. The Hall–Kier alpha value is -3.28. The molecular formula is C21H19N3O3. The van der Waals surface area contributed by atoms with E-state index in [1.807, 2.05) is 37.3 Å². The van der Waals surface area contributed by atoms with Gasteiger partial charge < -0.3 is 10.1 Å². The second kappa shape index (κ2) is 5.61. The molecule has 1 saturated heterocycles. The van der Waals surface area contributed by atoms with Crippen LogP contribution in [0.25, 0.3) is 10.9 Å². The van der Waals surface area contributed by atoms with Gasteiger partial charge in [-0.15, -0.1) is 0 Å². The van der Waals surface area contributed by atoms with Gasteiger partial charge in [-0.2, -0.15) is 0 Å².